The molecule has 0 aromatic carbocycles. The average molecular weight is 754 g/mol. The zero-order valence-corrected chi connectivity index (χ0v) is 32.7. The second-order valence-corrected chi connectivity index (χ2v) is 14.3. The maximum absolute atomic E-state index is 12.9. The molecular weight excluding hydrogens is 678 g/mol. The van der Waals surface area contributed by atoms with E-state index in [-0.39, 0.29) is 12.8 Å². The van der Waals surface area contributed by atoms with Crippen LogP contribution in [0.15, 0.2) is 48.6 Å². The van der Waals surface area contributed by atoms with Gasteiger partial charge in [-0.2, -0.15) is 0 Å². The Morgan fingerprint density at radius 1 is 0.642 bits per heavy atom. The first-order chi connectivity index (χ1) is 25.7. The highest BCUT2D eigenvalue weighted by Crippen LogP contribution is 2.23. The van der Waals surface area contributed by atoms with Gasteiger partial charge in [0.25, 0.3) is 0 Å². The van der Waals surface area contributed by atoms with Crippen molar-refractivity contribution in [3.8, 4) is 0 Å². The molecule has 0 aromatic rings. The molecule has 53 heavy (non-hydrogen) atoms. The number of carbonyl (C=O) groups is 1. The van der Waals surface area contributed by atoms with Crippen LogP contribution in [0.2, 0.25) is 0 Å². The SMILES string of the molecule is CCCCCC/C=C\CCC(O)C(=O)NC(COC1OC(CO)C(O)C(O)C1O)C(O)C(O)CCC/C=C/CC/C=C/CC/C=C/CCCCCCC. The van der Waals surface area contributed by atoms with Gasteiger partial charge in [-0.05, 0) is 83.5 Å². The normalized spacial score (nSPS) is 23.4. The molecule has 0 saturated carbocycles. The molecule has 1 saturated heterocycles. The van der Waals surface area contributed by atoms with Crippen LogP contribution in [0.25, 0.3) is 0 Å². The lowest BCUT2D eigenvalue weighted by Gasteiger charge is -2.40. The maximum atomic E-state index is 12.9. The van der Waals surface area contributed by atoms with E-state index in [1.807, 2.05) is 18.2 Å². The Balaban J connectivity index is 2.56. The summed E-state index contributed by atoms with van der Waals surface area (Å²) in [5.74, 6) is -0.753. The van der Waals surface area contributed by atoms with E-state index in [1.54, 1.807) is 0 Å². The van der Waals surface area contributed by atoms with Crippen LogP contribution in [-0.4, -0.2) is 110 Å². The molecule has 1 heterocycles. The molecule has 11 nitrogen and oxygen atoms in total. The minimum atomic E-state index is -1.68. The van der Waals surface area contributed by atoms with E-state index in [4.69, 9.17) is 9.47 Å². The van der Waals surface area contributed by atoms with E-state index in [2.05, 4.69) is 49.5 Å². The van der Waals surface area contributed by atoms with Crippen molar-refractivity contribution < 1.29 is 50.0 Å². The van der Waals surface area contributed by atoms with Crippen LogP contribution < -0.4 is 5.32 Å². The van der Waals surface area contributed by atoms with E-state index in [0.29, 0.717) is 19.3 Å². The fourth-order valence-electron chi connectivity index (χ4n) is 6.06. The number of hydrogen-bond acceptors (Lipinski definition) is 10. The van der Waals surface area contributed by atoms with E-state index in [0.717, 1.165) is 38.5 Å². The third-order valence-corrected chi connectivity index (χ3v) is 9.57. The number of amides is 1. The molecule has 0 radical (unpaired) electrons. The van der Waals surface area contributed by atoms with Gasteiger partial charge in [0.2, 0.25) is 5.91 Å². The second kappa shape index (κ2) is 32.3. The van der Waals surface area contributed by atoms with E-state index < -0.39 is 74.2 Å². The Morgan fingerprint density at radius 3 is 1.68 bits per heavy atom. The number of allylic oxidation sites excluding steroid dienone is 8. The zero-order chi connectivity index (χ0) is 39.1. The van der Waals surface area contributed by atoms with Crippen LogP contribution in [0.3, 0.4) is 0 Å². The number of aliphatic hydroxyl groups is 7. The highest BCUT2D eigenvalue weighted by atomic mass is 16.7. The summed E-state index contributed by atoms with van der Waals surface area (Å²) in [5.41, 5.74) is 0. The molecule has 1 rings (SSSR count). The van der Waals surface area contributed by atoms with E-state index >= 15 is 0 Å². The second-order valence-electron chi connectivity index (χ2n) is 14.3. The molecule has 1 amide bonds. The molecule has 0 aromatic heterocycles. The van der Waals surface area contributed by atoms with Crippen molar-refractivity contribution in [3.63, 3.8) is 0 Å². The average Bonchev–Trinajstić information content (AvgIpc) is 3.16. The largest absolute Gasteiger partial charge is 0.394 e. The first-order valence-corrected chi connectivity index (χ1v) is 20.5. The Morgan fingerprint density at radius 2 is 1.13 bits per heavy atom. The van der Waals surface area contributed by atoms with Crippen molar-refractivity contribution in [2.45, 2.75) is 197 Å². The van der Waals surface area contributed by atoms with Gasteiger partial charge in [0.1, 0.15) is 36.6 Å². The number of hydrogen-bond donors (Lipinski definition) is 8. The standard InChI is InChI=1S/C42H75NO10/c1-3-5-7-9-11-13-14-15-16-17-18-19-20-21-22-24-25-27-29-34(45)37(47)33(32-52-42-40(50)39(49)38(48)36(31-44)53-42)43-41(51)35(46)30-28-26-23-12-10-8-6-4-2/h14-15,18-19,22-24,26,33-40,42,44-50H,3-13,16-17,20-21,25,27-32H2,1-2H3,(H,43,51)/b15-14+,19-18+,24-22+,26-23-. The highest BCUT2D eigenvalue weighted by Gasteiger charge is 2.44. The van der Waals surface area contributed by atoms with Gasteiger partial charge in [-0.1, -0.05) is 107 Å². The molecule has 8 N–H and O–H groups in total. The minimum Gasteiger partial charge on any atom is -0.394 e. The molecule has 1 fully saturated rings. The maximum Gasteiger partial charge on any atom is 0.249 e. The molecule has 9 atom stereocenters. The topological polar surface area (TPSA) is 189 Å². The molecule has 1 aliphatic heterocycles. The summed E-state index contributed by atoms with van der Waals surface area (Å²) in [6, 6.07) is -1.21. The summed E-state index contributed by atoms with van der Waals surface area (Å²) in [6.45, 7) is 3.29. The van der Waals surface area contributed by atoms with Gasteiger partial charge in [0.15, 0.2) is 6.29 Å². The predicted octanol–water partition coefficient (Wildman–Crippen LogP) is 5.44. The molecule has 1 aliphatic rings. The molecule has 9 unspecified atom stereocenters. The quantitative estimate of drug-likeness (QED) is 0.0325. The predicted molar refractivity (Wildman–Crippen MR) is 210 cm³/mol. The van der Waals surface area contributed by atoms with Crippen molar-refractivity contribution in [2.75, 3.05) is 13.2 Å². The summed E-state index contributed by atoms with van der Waals surface area (Å²) >= 11 is 0. The van der Waals surface area contributed by atoms with Gasteiger partial charge in [0, 0.05) is 0 Å². The molecule has 308 valence electrons. The van der Waals surface area contributed by atoms with Crippen LogP contribution >= 0.6 is 0 Å². The van der Waals surface area contributed by atoms with Crippen LogP contribution in [0, 0.1) is 0 Å². The van der Waals surface area contributed by atoms with Crippen molar-refractivity contribution in [1.29, 1.82) is 0 Å². The van der Waals surface area contributed by atoms with Crippen molar-refractivity contribution in [2.24, 2.45) is 0 Å². The fourth-order valence-corrected chi connectivity index (χ4v) is 6.06. The van der Waals surface area contributed by atoms with Crippen LogP contribution in [0.5, 0.6) is 0 Å². The first kappa shape index (κ1) is 49.1. The summed E-state index contributed by atoms with van der Waals surface area (Å²) in [4.78, 5) is 12.9. The number of carbonyl (C=O) groups excluding carboxylic acids is 1. The van der Waals surface area contributed by atoms with Crippen molar-refractivity contribution in [1.82, 2.24) is 5.32 Å². The molecule has 0 spiro atoms. The molecule has 0 bridgehead atoms. The zero-order valence-electron chi connectivity index (χ0n) is 32.7. The lowest BCUT2D eigenvalue weighted by Crippen LogP contribution is -2.60. The Hall–Kier alpha value is -1.93. The van der Waals surface area contributed by atoms with Crippen LogP contribution in [-0.2, 0) is 14.3 Å². The Bertz CT molecular complexity index is 1000. The molecular formula is C42H75NO10. The van der Waals surface area contributed by atoms with Crippen molar-refractivity contribution >= 4 is 5.91 Å². The number of nitrogens with one attached hydrogen (secondary N) is 1. The Kier molecular flexibility index (Phi) is 29.9. The van der Waals surface area contributed by atoms with Crippen LogP contribution in [0.4, 0.5) is 0 Å². The Labute approximate surface area is 319 Å². The number of aliphatic hydroxyl groups excluding tert-OH is 7. The summed E-state index contributed by atoms with van der Waals surface area (Å²) in [6.07, 6.45) is 24.8. The molecule has 11 heteroatoms. The smallest absolute Gasteiger partial charge is 0.249 e. The van der Waals surface area contributed by atoms with Crippen molar-refractivity contribution in [3.05, 3.63) is 48.6 Å². The third-order valence-electron chi connectivity index (χ3n) is 9.57. The summed E-state index contributed by atoms with van der Waals surface area (Å²) in [7, 11) is 0. The lowest BCUT2D eigenvalue weighted by atomic mass is 9.99. The van der Waals surface area contributed by atoms with Gasteiger partial charge in [-0.25, -0.2) is 0 Å². The summed E-state index contributed by atoms with van der Waals surface area (Å²) < 4.78 is 11.0. The fraction of sp³-hybridized carbons (Fsp3) is 0.786. The monoisotopic (exact) mass is 754 g/mol. The summed E-state index contributed by atoms with van der Waals surface area (Å²) in [5, 5.41) is 75.1. The van der Waals surface area contributed by atoms with Gasteiger partial charge in [-0.15, -0.1) is 0 Å². The lowest BCUT2D eigenvalue weighted by molar-refractivity contribution is -0.303. The molecule has 0 aliphatic carbocycles. The number of rotatable bonds is 32. The van der Waals surface area contributed by atoms with E-state index in [1.165, 1.54) is 57.8 Å². The number of unbranched alkanes of at least 4 members (excludes halogenated alkanes) is 12. The minimum absolute atomic E-state index is 0.162. The van der Waals surface area contributed by atoms with Gasteiger partial charge in [-0.3, -0.25) is 4.79 Å². The number of ether oxygens (including phenoxy) is 2. The van der Waals surface area contributed by atoms with Gasteiger partial charge < -0.3 is 50.5 Å². The first-order valence-electron chi connectivity index (χ1n) is 20.5. The van der Waals surface area contributed by atoms with Gasteiger partial charge in [0.05, 0.1) is 25.4 Å². The highest BCUT2D eigenvalue weighted by molar-refractivity contribution is 5.80. The van der Waals surface area contributed by atoms with Crippen LogP contribution in [0.1, 0.15) is 142 Å². The third kappa shape index (κ3) is 22.9. The van der Waals surface area contributed by atoms with E-state index in [9.17, 15) is 40.5 Å². The van der Waals surface area contributed by atoms with Gasteiger partial charge >= 0.3 is 0 Å².